The Labute approximate surface area is 144 Å². The van der Waals surface area contributed by atoms with Gasteiger partial charge in [0.2, 0.25) is 0 Å². The van der Waals surface area contributed by atoms with E-state index in [1.54, 1.807) is 30.3 Å². The monoisotopic (exact) mass is 355 g/mol. The van der Waals surface area contributed by atoms with E-state index in [4.69, 9.17) is 33.7 Å². The fraction of sp³-hybridized carbons (Fsp3) is 0.188. The molecule has 7 heteroatoms. The van der Waals surface area contributed by atoms with Gasteiger partial charge in [0.15, 0.2) is 5.96 Å². The maximum absolute atomic E-state index is 13.6. The number of halogens is 3. The number of nitrogens with one attached hydrogen (secondary N) is 1. The molecule has 23 heavy (non-hydrogen) atoms. The summed E-state index contributed by atoms with van der Waals surface area (Å²) < 4.78 is 18.7. The van der Waals surface area contributed by atoms with Crippen molar-refractivity contribution in [3.63, 3.8) is 0 Å². The Balaban J connectivity index is 1.97. The van der Waals surface area contributed by atoms with E-state index < -0.39 is 0 Å². The highest BCUT2D eigenvalue weighted by atomic mass is 35.5. The smallest absolute Gasteiger partial charge is 0.193 e. The minimum absolute atomic E-state index is 0.207. The van der Waals surface area contributed by atoms with Crippen molar-refractivity contribution in [2.45, 2.75) is 6.42 Å². The lowest BCUT2D eigenvalue weighted by Gasteiger charge is -2.09. The Bertz CT molecular complexity index is 702. The van der Waals surface area contributed by atoms with E-state index in [-0.39, 0.29) is 11.8 Å². The molecule has 0 heterocycles. The fourth-order valence-electron chi connectivity index (χ4n) is 1.99. The van der Waals surface area contributed by atoms with Crippen molar-refractivity contribution in [2.24, 2.45) is 10.7 Å². The Morgan fingerprint density at radius 1 is 1.26 bits per heavy atom. The number of nitrogens with zero attached hydrogens (tertiary/aromatic N) is 1. The highest BCUT2D eigenvalue weighted by Crippen LogP contribution is 2.27. The topological polar surface area (TPSA) is 59.6 Å². The minimum atomic E-state index is -0.346. The molecule has 0 spiro atoms. The van der Waals surface area contributed by atoms with Crippen LogP contribution in [0.5, 0.6) is 5.75 Å². The molecule has 0 aromatic heterocycles. The van der Waals surface area contributed by atoms with Crippen LogP contribution in [-0.2, 0) is 6.42 Å². The SMILES string of the molecule is COc1ccc(NC(N)=NCCc2c(F)cccc2Cl)cc1Cl. The van der Waals surface area contributed by atoms with Gasteiger partial charge in [-0.25, -0.2) is 4.39 Å². The first-order chi connectivity index (χ1) is 11.0. The molecule has 0 aliphatic rings. The molecule has 122 valence electrons. The normalized spacial score (nSPS) is 11.4. The van der Waals surface area contributed by atoms with Crippen LogP contribution in [0.25, 0.3) is 0 Å². The molecule has 0 aliphatic heterocycles. The van der Waals surface area contributed by atoms with Gasteiger partial charge in [0.25, 0.3) is 0 Å². The predicted octanol–water partition coefficient (Wildman–Crippen LogP) is 4.11. The number of aliphatic imine (C=N–C) groups is 1. The maximum Gasteiger partial charge on any atom is 0.193 e. The Hall–Kier alpha value is -1.98. The molecular formula is C16H16Cl2FN3O. The zero-order valence-electron chi connectivity index (χ0n) is 12.4. The summed E-state index contributed by atoms with van der Waals surface area (Å²) in [5.74, 6) is 0.432. The third kappa shape index (κ3) is 4.74. The molecule has 0 aliphatic carbocycles. The molecule has 3 N–H and O–H groups in total. The van der Waals surface area contributed by atoms with E-state index in [0.29, 0.717) is 40.0 Å². The van der Waals surface area contributed by atoms with Crippen molar-refractivity contribution in [1.29, 1.82) is 0 Å². The first-order valence-corrected chi connectivity index (χ1v) is 7.60. The first kappa shape index (κ1) is 17.4. The summed E-state index contributed by atoms with van der Waals surface area (Å²) in [6.45, 7) is 0.309. The van der Waals surface area contributed by atoms with Crippen molar-refractivity contribution >= 4 is 34.8 Å². The van der Waals surface area contributed by atoms with E-state index in [9.17, 15) is 4.39 Å². The molecule has 0 amide bonds. The second kappa shape index (κ2) is 8.04. The van der Waals surface area contributed by atoms with Gasteiger partial charge in [-0.3, -0.25) is 4.99 Å². The minimum Gasteiger partial charge on any atom is -0.495 e. The number of benzene rings is 2. The fourth-order valence-corrected chi connectivity index (χ4v) is 2.51. The molecule has 2 aromatic rings. The van der Waals surface area contributed by atoms with Crippen molar-refractivity contribution in [1.82, 2.24) is 0 Å². The van der Waals surface area contributed by atoms with Crippen molar-refractivity contribution < 1.29 is 9.13 Å². The van der Waals surface area contributed by atoms with Crippen LogP contribution in [0.3, 0.4) is 0 Å². The van der Waals surface area contributed by atoms with Gasteiger partial charge in [-0.05, 0) is 36.8 Å². The van der Waals surface area contributed by atoms with Crippen LogP contribution >= 0.6 is 23.2 Å². The zero-order chi connectivity index (χ0) is 16.8. The summed E-state index contributed by atoms with van der Waals surface area (Å²) in [5, 5.41) is 3.76. The average Bonchev–Trinajstić information content (AvgIpc) is 2.50. The van der Waals surface area contributed by atoms with Crippen LogP contribution in [0.2, 0.25) is 10.0 Å². The zero-order valence-corrected chi connectivity index (χ0v) is 14.0. The molecule has 2 rings (SSSR count). The van der Waals surface area contributed by atoms with Crippen molar-refractivity contribution in [3.8, 4) is 5.75 Å². The number of nitrogens with two attached hydrogens (primary N) is 1. The number of guanidine groups is 1. The van der Waals surface area contributed by atoms with E-state index in [1.165, 1.54) is 13.2 Å². The molecule has 0 fully saturated rings. The van der Waals surface area contributed by atoms with Crippen LogP contribution in [0.15, 0.2) is 41.4 Å². The lowest BCUT2D eigenvalue weighted by Crippen LogP contribution is -2.23. The van der Waals surface area contributed by atoms with Gasteiger partial charge in [0.1, 0.15) is 11.6 Å². The molecular weight excluding hydrogens is 340 g/mol. The van der Waals surface area contributed by atoms with Crippen LogP contribution in [-0.4, -0.2) is 19.6 Å². The van der Waals surface area contributed by atoms with Gasteiger partial charge in [0, 0.05) is 22.8 Å². The summed E-state index contributed by atoms with van der Waals surface area (Å²) in [5.41, 5.74) is 6.91. The van der Waals surface area contributed by atoms with Crippen molar-refractivity contribution in [2.75, 3.05) is 19.0 Å². The molecule has 0 saturated heterocycles. The van der Waals surface area contributed by atoms with E-state index in [2.05, 4.69) is 10.3 Å². The largest absolute Gasteiger partial charge is 0.495 e. The van der Waals surface area contributed by atoms with E-state index >= 15 is 0 Å². The molecule has 0 saturated carbocycles. The standard InChI is InChI=1S/C16H16Cl2FN3O/c1-23-15-6-5-10(9-13(15)18)22-16(20)21-8-7-11-12(17)3-2-4-14(11)19/h2-6,9H,7-8H2,1H3,(H3,20,21,22). The van der Waals surface area contributed by atoms with Crippen LogP contribution in [0, 0.1) is 5.82 Å². The highest BCUT2D eigenvalue weighted by Gasteiger charge is 2.06. The molecule has 0 atom stereocenters. The number of methoxy groups -OCH3 is 1. The van der Waals surface area contributed by atoms with Gasteiger partial charge in [-0.2, -0.15) is 0 Å². The highest BCUT2D eigenvalue weighted by molar-refractivity contribution is 6.32. The van der Waals surface area contributed by atoms with Crippen LogP contribution in [0.1, 0.15) is 5.56 Å². The summed E-state index contributed by atoms with van der Waals surface area (Å²) in [4.78, 5) is 4.15. The molecule has 0 radical (unpaired) electrons. The van der Waals surface area contributed by atoms with Crippen LogP contribution in [0.4, 0.5) is 10.1 Å². The second-order valence-corrected chi connectivity index (χ2v) is 5.51. The summed E-state index contributed by atoms with van der Waals surface area (Å²) in [6, 6.07) is 9.73. The summed E-state index contributed by atoms with van der Waals surface area (Å²) in [6.07, 6.45) is 0.358. The Morgan fingerprint density at radius 3 is 2.70 bits per heavy atom. The third-order valence-corrected chi connectivity index (χ3v) is 3.78. The van der Waals surface area contributed by atoms with Gasteiger partial charge in [-0.1, -0.05) is 29.3 Å². The Morgan fingerprint density at radius 2 is 2.04 bits per heavy atom. The van der Waals surface area contributed by atoms with Gasteiger partial charge in [0.05, 0.1) is 12.1 Å². The second-order valence-electron chi connectivity index (χ2n) is 4.69. The van der Waals surface area contributed by atoms with Gasteiger partial charge < -0.3 is 15.8 Å². The quantitative estimate of drug-likeness (QED) is 0.626. The summed E-state index contributed by atoms with van der Waals surface area (Å²) in [7, 11) is 1.54. The van der Waals surface area contributed by atoms with Crippen LogP contribution < -0.4 is 15.8 Å². The molecule has 0 unspecified atom stereocenters. The maximum atomic E-state index is 13.6. The summed E-state index contributed by atoms with van der Waals surface area (Å²) >= 11 is 12.0. The lowest BCUT2D eigenvalue weighted by molar-refractivity contribution is 0.415. The third-order valence-electron chi connectivity index (χ3n) is 3.13. The average molecular weight is 356 g/mol. The number of hydrogen-bond acceptors (Lipinski definition) is 2. The number of hydrogen-bond donors (Lipinski definition) is 2. The lowest BCUT2D eigenvalue weighted by atomic mass is 10.1. The van der Waals surface area contributed by atoms with E-state index in [0.717, 1.165) is 0 Å². The van der Waals surface area contributed by atoms with Crippen molar-refractivity contribution in [3.05, 3.63) is 57.8 Å². The number of ether oxygens (including phenoxy) is 1. The molecule has 2 aromatic carbocycles. The van der Waals surface area contributed by atoms with Gasteiger partial charge in [-0.15, -0.1) is 0 Å². The van der Waals surface area contributed by atoms with Gasteiger partial charge >= 0.3 is 0 Å². The predicted molar refractivity (Wildman–Crippen MR) is 93.2 cm³/mol. The Kier molecular flexibility index (Phi) is 6.07. The number of rotatable bonds is 5. The first-order valence-electron chi connectivity index (χ1n) is 6.84. The number of anilines is 1. The van der Waals surface area contributed by atoms with E-state index in [1.807, 2.05) is 0 Å². The molecule has 0 bridgehead atoms. The molecule has 4 nitrogen and oxygen atoms in total.